The van der Waals surface area contributed by atoms with Crippen LogP contribution in [0.25, 0.3) is 0 Å². The van der Waals surface area contributed by atoms with Crippen LogP contribution in [-0.2, 0) is 5.54 Å². The fourth-order valence-corrected chi connectivity index (χ4v) is 1.48. The molecule has 12 heavy (non-hydrogen) atoms. The summed E-state index contributed by atoms with van der Waals surface area (Å²) in [7, 11) is 0. The summed E-state index contributed by atoms with van der Waals surface area (Å²) in [6, 6.07) is 0. The summed E-state index contributed by atoms with van der Waals surface area (Å²) in [5.74, 6) is -2.30. The molecule has 0 bridgehead atoms. The van der Waals surface area contributed by atoms with Crippen LogP contribution in [0.4, 0.5) is 8.78 Å². The van der Waals surface area contributed by atoms with Crippen molar-refractivity contribution in [1.82, 2.24) is 15.2 Å². The second-order valence-corrected chi connectivity index (χ2v) is 3.20. The maximum absolute atomic E-state index is 12.5. The van der Waals surface area contributed by atoms with Gasteiger partial charge in [-0.05, 0) is 0 Å². The molecule has 1 fully saturated rings. The Morgan fingerprint density at radius 1 is 1.50 bits per heavy atom. The molecule has 2 rings (SSSR count). The first-order valence-electron chi connectivity index (χ1n) is 3.54. The van der Waals surface area contributed by atoms with E-state index in [0.29, 0.717) is 5.82 Å². The Balaban J connectivity index is 2.18. The summed E-state index contributed by atoms with van der Waals surface area (Å²) >= 11 is 0. The first-order chi connectivity index (χ1) is 5.52. The van der Waals surface area contributed by atoms with Crippen molar-refractivity contribution < 1.29 is 8.78 Å². The summed E-state index contributed by atoms with van der Waals surface area (Å²) in [4.78, 5) is 3.75. The molecule has 0 unspecified atom stereocenters. The third-order valence-electron chi connectivity index (χ3n) is 2.03. The fraction of sp³-hybridized carbons (Fsp3) is 0.667. The monoisotopic (exact) mass is 174 g/mol. The van der Waals surface area contributed by atoms with Crippen LogP contribution < -0.4 is 5.73 Å². The third kappa shape index (κ3) is 0.989. The van der Waals surface area contributed by atoms with E-state index >= 15 is 0 Å². The molecule has 1 aromatic heterocycles. The van der Waals surface area contributed by atoms with Gasteiger partial charge in [0.25, 0.3) is 5.92 Å². The average Bonchev–Trinajstić information content (AvgIpc) is 2.31. The molecule has 0 radical (unpaired) electrons. The van der Waals surface area contributed by atoms with Gasteiger partial charge in [-0.1, -0.05) is 0 Å². The first-order valence-corrected chi connectivity index (χ1v) is 3.54. The maximum atomic E-state index is 12.5. The number of H-pyrrole nitrogens is 1. The van der Waals surface area contributed by atoms with Crippen molar-refractivity contribution in [3.63, 3.8) is 0 Å². The number of alkyl halides is 2. The van der Waals surface area contributed by atoms with E-state index in [2.05, 4.69) is 15.2 Å². The molecule has 0 atom stereocenters. The molecule has 1 aliphatic rings. The molecule has 0 spiro atoms. The van der Waals surface area contributed by atoms with E-state index in [1.807, 2.05) is 0 Å². The Bertz CT molecular complexity index is 274. The number of nitrogens with one attached hydrogen (secondary N) is 1. The van der Waals surface area contributed by atoms with E-state index in [1.165, 1.54) is 6.33 Å². The molecule has 66 valence electrons. The van der Waals surface area contributed by atoms with Gasteiger partial charge in [0.1, 0.15) is 12.2 Å². The van der Waals surface area contributed by atoms with Gasteiger partial charge in [-0.3, -0.25) is 5.10 Å². The van der Waals surface area contributed by atoms with Crippen LogP contribution in [0.2, 0.25) is 0 Å². The molecule has 3 N–H and O–H groups in total. The van der Waals surface area contributed by atoms with Crippen LogP contribution in [0, 0.1) is 0 Å². The molecular weight excluding hydrogens is 166 g/mol. The number of rotatable bonds is 1. The van der Waals surface area contributed by atoms with Crippen LogP contribution in [0.1, 0.15) is 18.7 Å². The van der Waals surface area contributed by atoms with Crippen LogP contribution in [-0.4, -0.2) is 21.1 Å². The van der Waals surface area contributed by atoms with E-state index in [0.717, 1.165) is 0 Å². The van der Waals surface area contributed by atoms with Gasteiger partial charge in [-0.25, -0.2) is 13.8 Å². The number of nitrogens with two attached hydrogens (primary N) is 1. The topological polar surface area (TPSA) is 67.6 Å². The third-order valence-corrected chi connectivity index (χ3v) is 2.03. The molecule has 0 saturated heterocycles. The lowest BCUT2D eigenvalue weighted by atomic mass is 9.74. The standard InChI is InChI=1S/C6H8F2N4/c7-6(8)1-5(9,2-6)4-10-3-11-12-4/h3H,1-2,9H2,(H,10,11,12). The average molecular weight is 174 g/mol. The zero-order valence-electron chi connectivity index (χ0n) is 6.22. The van der Waals surface area contributed by atoms with Crippen molar-refractivity contribution in [2.75, 3.05) is 0 Å². The molecule has 1 saturated carbocycles. The molecular formula is C6H8F2N4. The number of aromatic nitrogens is 3. The van der Waals surface area contributed by atoms with Gasteiger partial charge in [-0.2, -0.15) is 5.10 Å². The van der Waals surface area contributed by atoms with Crippen LogP contribution in [0.3, 0.4) is 0 Å². The Morgan fingerprint density at radius 3 is 2.58 bits per heavy atom. The second-order valence-electron chi connectivity index (χ2n) is 3.20. The van der Waals surface area contributed by atoms with Crippen LogP contribution >= 0.6 is 0 Å². The van der Waals surface area contributed by atoms with Crippen molar-refractivity contribution in [2.24, 2.45) is 5.73 Å². The minimum absolute atomic E-state index is 0.341. The van der Waals surface area contributed by atoms with E-state index in [1.54, 1.807) is 0 Å². The van der Waals surface area contributed by atoms with Crippen molar-refractivity contribution in [2.45, 2.75) is 24.3 Å². The van der Waals surface area contributed by atoms with E-state index < -0.39 is 11.5 Å². The van der Waals surface area contributed by atoms with E-state index in [4.69, 9.17) is 5.73 Å². The van der Waals surface area contributed by atoms with Gasteiger partial charge in [0.05, 0.1) is 5.54 Å². The Labute approximate surface area is 67.2 Å². The van der Waals surface area contributed by atoms with Gasteiger partial charge in [0.2, 0.25) is 0 Å². The highest BCUT2D eigenvalue weighted by atomic mass is 19.3. The molecule has 1 aromatic rings. The second kappa shape index (κ2) is 2.01. The Kier molecular flexibility index (Phi) is 1.27. The first kappa shape index (κ1) is 7.60. The van der Waals surface area contributed by atoms with Crippen molar-refractivity contribution >= 4 is 0 Å². The molecule has 0 amide bonds. The Morgan fingerprint density at radius 2 is 2.17 bits per heavy atom. The van der Waals surface area contributed by atoms with Gasteiger partial charge in [-0.15, -0.1) is 0 Å². The van der Waals surface area contributed by atoms with Crippen molar-refractivity contribution in [1.29, 1.82) is 0 Å². The zero-order valence-corrected chi connectivity index (χ0v) is 6.22. The number of nitrogens with zero attached hydrogens (tertiary/aromatic N) is 2. The normalized spacial score (nSPS) is 24.9. The van der Waals surface area contributed by atoms with Gasteiger partial charge in [0.15, 0.2) is 0 Å². The predicted molar refractivity (Wildman–Crippen MR) is 36.4 cm³/mol. The highest BCUT2D eigenvalue weighted by Crippen LogP contribution is 2.48. The SMILES string of the molecule is NC1(c2ncn[nH]2)CC(F)(F)C1. The largest absolute Gasteiger partial charge is 0.318 e. The Hall–Kier alpha value is -1.04. The van der Waals surface area contributed by atoms with E-state index in [-0.39, 0.29) is 12.8 Å². The predicted octanol–water partition coefficient (Wildman–Crippen LogP) is 0.388. The summed E-state index contributed by atoms with van der Waals surface area (Å²) < 4.78 is 25.0. The zero-order chi connectivity index (χ0) is 8.82. The number of halogens is 2. The lowest BCUT2D eigenvalue weighted by molar-refractivity contribution is -0.127. The molecule has 6 heteroatoms. The quantitative estimate of drug-likeness (QED) is 0.647. The molecule has 1 aliphatic carbocycles. The van der Waals surface area contributed by atoms with Gasteiger partial charge in [0, 0.05) is 12.8 Å². The highest BCUT2D eigenvalue weighted by Gasteiger charge is 2.56. The van der Waals surface area contributed by atoms with Crippen LogP contribution in [0.15, 0.2) is 6.33 Å². The summed E-state index contributed by atoms with van der Waals surface area (Å²) in [5, 5.41) is 6.05. The summed E-state index contributed by atoms with van der Waals surface area (Å²) in [6.45, 7) is 0. The smallest absolute Gasteiger partial charge is 0.252 e. The number of hydrogen-bond donors (Lipinski definition) is 2. The molecule has 0 aromatic carbocycles. The molecule has 0 aliphatic heterocycles. The van der Waals surface area contributed by atoms with Crippen LogP contribution in [0.5, 0.6) is 0 Å². The lowest BCUT2D eigenvalue weighted by Gasteiger charge is -2.42. The molecule has 4 nitrogen and oxygen atoms in total. The number of aromatic amines is 1. The summed E-state index contributed by atoms with van der Waals surface area (Å²) in [6.07, 6.45) is 0.560. The lowest BCUT2D eigenvalue weighted by Crippen LogP contribution is -2.56. The van der Waals surface area contributed by atoms with Crippen molar-refractivity contribution in [3.8, 4) is 0 Å². The maximum Gasteiger partial charge on any atom is 0.252 e. The minimum atomic E-state index is -2.64. The van der Waals surface area contributed by atoms with E-state index in [9.17, 15) is 8.78 Å². The van der Waals surface area contributed by atoms with Crippen molar-refractivity contribution in [3.05, 3.63) is 12.2 Å². The van der Waals surface area contributed by atoms with Gasteiger partial charge < -0.3 is 5.73 Å². The minimum Gasteiger partial charge on any atom is -0.318 e. The number of hydrogen-bond acceptors (Lipinski definition) is 3. The highest BCUT2D eigenvalue weighted by molar-refractivity contribution is 5.13. The van der Waals surface area contributed by atoms with Gasteiger partial charge >= 0.3 is 0 Å². The fourth-order valence-electron chi connectivity index (χ4n) is 1.48. The summed E-state index contributed by atoms with van der Waals surface area (Å²) in [5.41, 5.74) is 4.63. The molecule has 1 heterocycles.